The summed E-state index contributed by atoms with van der Waals surface area (Å²) in [7, 11) is 1.49. The number of benzene rings is 2. The van der Waals surface area contributed by atoms with Crippen LogP contribution in [0.25, 0.3) is 11.1 Å². The van der Waals surface area contributed by atoms with Crippen molar-refractivity contribution in [2.75, 3.05) is 12.4 Å². The Morgan fingerprint density at radius 1 is 1.22 bits per heavy atom. The molecule has 0 unspecified atom stereocenters. The van der Waals surface area contributed by atoms with Gasteiger partial charge >= 0.3 is 5.76 Å². The number of amides is 2. The van der Waals surface area contributed by atoms with E-state index in [1.54, 1.807) is 18.2 Å². The first-order valence-corrected chi connectivity index (χ1v) is 7.79. The third-order valence-corrected chi connectivity index (χ3v) is 3.80. The molecule has 0 radical (unpaired) electrons. The molecule has 0 bridgehead atoms. The van der Waals surface area contributed by atoms with E-state index in [0.29, 0.717) is 11.3 Å². The van der Waals surface area contributed by atoms with Gasteiger partial charge in [0, 0.05) is 24.4 Å². The summed E-state index contributed by atoms with van der Waals surface area (Å²) in [6.45, 7) is -0.353. The fraction of sp³-hybridized carbons (Fsp3) is 0.118. The smallest absolute Gasteiger partial charge is 0.407 e. The summed E-state index contributed by atoms with van der Waals surface area (Å²) in [6, 6.07) is 9.99. The minimum atomic E-state index is -0.806. The second kappa shape index (κ2) is 7.12. The lowest BCUT2D eigenvalue weighted by Crippen LogP contribution is -2.25. The van der Waals surface area contributed by atoms with E-state index < -0.39 is 16.6 Å². The number of fused-ring (bicyclic) bond motifs is 1. The van der Waals surface area contributed by atoms with Gasteiger partial charge in [-0.25, -0.2) is 4.79 Å². The zero-order chi connectivity index (χ0) is 19.6. The van der Waals surface area contributed by atoms with Gasteiger partial charge < -0.3 is 15.1 Å². The first-order chi connectivity index (χ1) is 12.9. The van der Waals surface area contributed by atoms with Crippen molar-refractivity contribution >= 4 is 34.3 Å². The van der Waals surface area contributed by atoms with Crippen molar-refractivity contribution in [3.05, 3.63) is 68.7 Å². The molecule has 10 heteroatoms. The molecule has 0 aliphatic rings. The molecule has 0 aliphatic heterocycles. The van der Waals surface area contributed by atoms with Crippen LogP contribution in [-0.2, 0) is 11.3 Å². The average Bonchev–Trinajstić information content (AvgIpc) is 2.95. The zero-order valence-electron chi connectivity index (χ0n) is 14.1. The summed E-state index contributed by atoms with van der Waals surface area (Å²) in [6.07, 6.45) is 0. The van der Waals surface area contributed by atoms with Crippen LogP contribution in [0.4, 0.5) is 11.4 Å². The van der Waals surface area contributed by atoms with E-state index in [4.69, 9.17) is 4.42 Å². The van der Waals surface area contributed by atoms with Gasteiger partial charge in [0.1, 0.15) is 6.54 Å². The number of carbonyl (C=O) groups excluding carboxylic acids is 2. The molecule has 138 valence electrons. The Hall–Kier alpha value is -3.95. The lowest BCUT2D eigenvalue weighted by atomic mass is 10.2. The predicted octanol–water partition coefficient (Wildman–Crippen LogP) is 1.50. The molecule has 3 aromatic rings. The number of hydrogen-bond donors (Lipinski definition) is 2. The standard InChI is InChI=1S/C17H14N4O6/c1-18-16(23)10-3-2-4-11(7-10)19-15(22)9-20-13-6-5-12(21(25)26)8-14(13)27-17(20)24/h2-8H,9H2,1H3,(H,18,23)(H,19,22). The van der Waals surface area contributed by atoms with Gasteiger partial charge in [-0.05, 0) is 24.3 Å². The highest BCUT2D eigenvalue weighted by atomic mass is 16.6. The van der Waals surface area contributed by atoms with Gasteiger partial charge in [0.05, 0.1) is 16.5 Å². The van der Waals surface area contributed by atoms with Crippen molar-refractivity contribution in [2.45, 2.75) is 6.54 Å². The van der Waals surface area contributed by atoms with Crippen molar-refractivity contribution < 1.29 is 18.9 Å². The highest BCUT2D eigenvalue weighted by Gasteiger charge is 2.16. The number of nitro benzene ring substituents is 1. The van der Waals surface area contributed by atoms with E-state index in [9.17, 15) is 24.5 Å². The molecule has 0 atom stereocenters. The molecule has 3 rings (SSSR count). The number of nitrogens with one attached hydrogen (secondary N) is 2. The van der Waals surface area contributed by atoms with Crippen molar-refractivity contribution in [3.63, 3.8) is 0 Å². The van der Waals surface area contributed by atoms with Gasteiger partial charge in [-0.3, -0.25) is 24.3 Å². The van der Waals surface area contributed by atoms with Crippen LogP contribution in [0.2, 0.25) is 0 Å². The largest absolute Gasteiger partial charge is 0.420 e. The monoisotopic (exact) mass is 370 g/mol. The molecule has 2 N–H and O–H groups in total. The summed E-state index contributed by atoms with van der Waals surface area (Å²) < 4.78 is 6.04. The molecule has 2 amide bonds. The fourth-order valence-electron chi connectivity index (χ4n) is 2.54. The number of rotatable bonds is 5. The van der Waals surface area contributed by atoms with E-state index in [-0.39, 0.29) is 29.2 Å². The van der Waals surface area contributed by atoms with Crippen LogP contribution in [0.1, 0.15) is 10.4 Å². The average molecular weight is 370 g/mol. The highest BCUT2D eigenvalue weighted by molar-refractivity contribution is 5.97. The number of carbonyl (C=O) groups is 2. The molecule has 0 saturated heterocycles. The lowest BCUT2D eigenvalue weighted by molar-refractivity contribution is -0.384. The Morgan fingerprint density at radius 3 is 2.70 bits per heavy atom. The molecule has 1 heterocycles. The van der Waals surface area contributed by atoms with Crippen LogP contribution in [0.15, 0.2) is 51.7 Å². The molecule has 0 spiro atoms. The summed E-state index contributed by atoms with van der Waals surface area (Å²) in [5.41, 5.74) is 0.813. The maximum atomic E-state index is 12.3. The number of hydrogen-bond acceptors (Lipinski definition) is 6. The molecule has 2 aromatic carbocycles. The number of non-ortho nitro benzene ring substituents is 1. The number of nitro groups is 1. The van der Waals surface area contributed by atoms with E-state index in [1.807, 2.05) is 0 Å². The van der Waals surface area contributed by atoms with E-state index >= 15 is 0 Å². The Morgan fingerprint density at radius 2 is 2.00 bits per heavy atom. The predicted molar refractivity (Wildman–Crippen MR) is 95.6 cm³/mol. The van der Waals surface area contributed by atoms with Gasteiger partial charge in [0.25, 0.3) is 11.6 Å². The maximum Gasteiger partial charge on any atom is 0.420 e. The van der Waals surface area contributed by atoms with Crippen molar-refractivity contribution in [1.29, 1.82) is 0 Å². The van der Waals surface area contributed by atoms with Gasteiger partial charge in [-0.1, -0.05) is 6.07 Å². The van der Waals surface area contributed by atoms with Crippen LogP contribution < -0.4 is 16.4 Å². The molecule has 0 saturated carbocycles. The Kier molecular flexibility index (Phi) is 4.71. The third-order valence-electron chi connectivity index (χ3n) is 3.80. The topological polar surface area (TPSA) is 136 Å². The molecule has 27 heavy (non-hydrogen) atoms. The van der Waals surface area contributed by atoms with E-state index in [2.05, 4.69) is 10.6 Å². The first-order valence-electron chi connectivity index (χ1n) is 7.79. The lowest BCUT2D eigenvalue weighted by Gasteiger charge is -2.07. The summed E-state index contributed by atoms with van der Waals surface area (Å²) in [5, 5.41) is 15.9. The van der Waals surface area contributed by atoms with Crippen molar-refractivity contribution in [2.24, 2.45) is 0 Å². The summed E-state index contributed by atoms with van der Waals surface area (Å²) >= 11 is 0. The molecule has 10 nitrogen and oxygen atoms in total. The van der Waals surface area contributed by atoms with Gasteiger partial charge in [-0.2, -0.15) is 0 Å². The normalized spacial score (nSPS) is 10.6. The molecule has 1 aromatic heterocycles. The first kappa shape index (κ1) is 17.9. The van der Waals surface area contributed by atoms with E-state index in [1.165, 1.54) is 25.2 Å². The maximum absolute atomic E-state index is 12.3. The zero-order valence-corrected chi connectivity index (χ0v) is 14.1. The Bertz CT molecular complexity index is 1110. The Labute approximate surface area is 151 Å². The number of oxazole rings is 1. The minimum Gasteiger partial charge on any atom is -0.407 e. The van der Waals surface area contributed by atoms with Crippen molar-refractivity contribution in [1.82, 2.24) is 9.88 Å². The summed E-state index contributed by atoms with van der Waals surface area (Å²) in [5.74, 6) is -1.63. The van der Waals surface area contributed by atoms with Gasteiger partial charge in [0.15, 0.2) is 5.58 Å². The minimum absolute atomic E-state index is 0.0172. The fourth-order valence-corrected chi connectivity index (χ4v) is 2.54. The van der Waals surface area contributed by atoms with Crippen LogP contribution in [-0.4, -0.2) is 28.4 Å². The second-order valence-corrected chi connectivity index (χ2v) is 5.57. The molecule has 0 fully saturated rings. The summed E-state index contributed by atoms with van der Waals surface area (Å²) in [4.78, 5) is 46.1. The third kappa shape index (κ3) is 3.68. The van der Waals surface area contributed by atoms with Crippen LogP contribution in [0, 0.1) is 10.1 Å². The number of nitrogens with zero attached hydrogens (tertiary/aromatic N) is 2. The van der Waals surface area contributed by atoms with E-state index in [0.717, 1.165) is 10.6 Å². The SMILES string of the molecule is CNC(=O)c1cccc(NC(=O)Cn2c(=O)oc3cc([N+](=O)[O-])ccc32)c1. The quantitative estimate of drug-likeness (QED) is 0.516. The highest BCUT2D eigenvalue weighted by Crippen LogP contribution is 2.20. The number of anilines is 1. The second-order valence-electron chi connectivity index (χ2n) is 5.57. The van der Waals surface area contributed by atoms with Crippen LogP contribution in [0.5, 0.6) is 0 Å². The molecule has 0 aliphatic carbocycles. The number of aromatic nitrogens is 1. The van der Waals surface area contributed by atoms with Crippen LogP contribution in [0.3, 0.4) is 0 Å². The van der Waals surface area contributed by atoms with Crippen molar-refractivity contribution in [3.8, 4) is 0 Å². The molecular formula is C17H14N4O6. The van der Waals surface area contributed by atoms with Crippen LogP contribution >= 0.6 is 0 Å². The molecular weight excluding hydrogens is 356 g/mol. The van der Waals surface area contributed by atoms with Gasteiger partial charge in [-0.15, -0.1) is 0 Å². The van der Waals surface area contributed by atoms with Gasteiger partial charge in [0.2, 0.25) is 5.91 Å². The Balaban J connectivity index is 1.82.